The second-order valence-corrected chi connectivity index (χ2v) is 11.8. The third-order valence-corrected chi connectivity index (χ3v) is 9.18. The van der Waals surface area contributed by atoms with Crippen molar-refractivity contribution in [2.45, 2.75) is 0 Å². The number of hydrogen-bond donors (Lipinski definition) is 0. The zero-order valence-electron chi connectivity index (χ0n) is 24.7. The van der Waals surface area contributed by atoms with E-state index in [1.165, 1.54) is 10.8 Å². The lowest BCUT2D eigenvalue weighted by atomic mass is 9.98. The molecule has 0 saturated heterocycles. The zero-order valence-corrected chi connectivity index (χ0v) is 24.7. The molecule has 0 fully saturated rings. The van der Waals surface area contributed by atoms with Crippen LogP contribution in [-0.2, 0) is 0 Å². The van der Waals surface area contributed by atoms with Crippen LogP contribution in [0.4, 0.5) is 0 Å². The molecule has 0 radical (unpaired) electrons. The van der Waals surface area contributed by atoms with Gasteiger partial charge in [0.2, 0.25) is 5.95 Å². The SMILES string of the molecule is c1ccc(-c2cc(-c3ccccc3)nc(-n3c4c5ccccc5ccc4c4c5ccccc5c5c6ccccc6oc5c43)n2)cc1. The average Bonchev–Trinajstić information content (AvgIpc) is 3.70. The van der Waals surface area contributed by atoms with Gasteiger partial charge in [0.05, 0.1) is 16.9 Å². The Balaban J connectivity index is 1.47. The van der Waals surface area contributed by atoms with Gasteiger partial charge in [-0.25, -0.2) is 9.97 Å². The number of furan rings is 1. The molecule has 10 rings (SSSR count). The van der Waals surface area contributed by atoms with Gasteiger partial charge in [0.15, 0.2) is 5.58 Å². The standard InChI is InChI=1S/C42H25N3O/c1-3-14-27(15-4-1)34-25-35(28-16-5-2-6-17-28)44-42(43-34)45-39-29-18-8-7-13-26(29)23-24-33(39)37-30-19-9-10-20-31(30)38-32-21-11-12-22-36(32)46-41(38)40(37)45/h1-25H. The van der Waals surface area contributed by atoms with Gasteiger partial charge < -0.3 is 4.42 Å². The summed E-state index contributed by atoms with van der Waals surface area (Å²) in [6, 6.07) is 52.8. The van der Waals surface area contributed by atoms with Gasteiger partial charge in [-0.1, -0.05) is 140 Å². The highest BCUT2D eigenvalue weighted by Gasteiger charge is 2.25. The second-order valence-electron chi connectivity index (χ2n) is 11.8. The van der Waals surface area contributed by atoms with Gasteiger partial charge in [0.1, 0.15) is 11.1 Å². The Morgan fingerprint density at radius 2 is 1.00 bits per heavy atom. The Morgan fingerprint density at radius 1 is 0.435 bits per heavy atom. The Bertz CT molecular complexity index is 2740. The molecule has 214 valence electrons. The number of nitrogens with zero attached hydrogens (tertiary/aromatic N) is 3. The molecule has 7 aromatic carbocycles. The van der Waals surface area contributed by atoms with E-state index in [0.29, 0.717) is 5.95 Å². The number of benzene rings is 7. The van der Waals surface area contributed by atoms with Crippen molar-refractivity contribution in [3.63, 3.8) is 0 Å². The van der Waals surface area contributed by atoms with Gasteiger partial charge in [-0.2, -0.15) is 0 Å². The third-order valence-electron chi connectivity index (χ3n) is 9.18. The van der Waals surface area contributed by atoms with Crippen LogP contribution in [0.25, 0.3) is 93.8 Å². The molecular formula is C42H25N3O. The van der Waals surface area contributed by atoms with Gasteiger partial charge in [-0.15, -0.1) is 0 Å². The van der Waals surface area contributed by atoms with Crippen LogP contribution < -0.4 is 0 Å². The number of rotatable bonds is 3. The normalized spacial score (nSPS) is 11.9. The topological polar surface area (TPSA) is 43.9 Å². The number of fused-ring (bicyclic) bond motifs is 12. The molecule has 0 amide bonds. The molecule has 3 heterocycles. The predicted molar refractivity (Wildman–Crippen MR) is 190 cm³/mol. The fourth-order valence-corrected chi connectivity index (χ4v) is 7.18. The van der Waals surface area contributed by atoms with Crippen molar-refractivity contribution in [3.8, 4) is 28.5 Å². The molecule has 0 atom stereocenters. The van der Waals surface area contributed by atoms with E-state index in [4.69, 9.17) is 14.4 Å². The minimum atomic E-state index is 0.605. The van der Waals surface area contributed by atoms with Crippen molar-refractivity contribution in [2.75, 3.05) is 0 Å². The van der Waals surface area contributed by atoms with Crippen molar-refractivity contribution in [3.05, 3.63) is 152 Å². The third kappa shape index (κ3) is 3.55. The van der Waals surface area contributed by atoms with Gasteiger partial charge >= 0.3 is 0 Å². The monoisotopic (exact) mass is 587 g/mol. The Hall–Kier alpha value is -6.26. The number of hydrogen-bond acceptors (Lipinski definition) is 3. The van der Waals surface area contributed by atoms with Crippen LogP contribution in [0.15, 0.2) is 156 Å². The lowest BCUT2D eigenvalue weighted by molar-refractivity contribution is 0.671. The Morgan fingerprint density at radius 3 is 1.70 bits per heavy atom. The van der Waals surface area contributed by atoms with E-state index in [2.05, 4.69) is 138 Å². The summed E-state index contributed by atoms with van der Waals surface area (Å²) in [4.78, 5) is 10.7. The first-order valence-electron chi connectivity index (χ1n) is 15.5. The maximum absolute atomic E-state index is 6.83. The highest BCUT2D eigenvalue weighted by atomic mass is 16.3. The van der Waals surface area contributed by atoms with Crippen molar-refractivity contribution in [1.82, 2.24) is 14.5 Å². The molecule has 0 aliphatic heterocycles. The van der Waals surface area contributed by atoms with Crippen molar-refractivity contribution in [1.29, 1.82) is 0 Å². The zero-order chi connectivity index (χ0) is 30.2. The van der Waals surface area contributed by atoms with Crippen molar-refractivity contribution >= 4 is 65.3 Å². The molecule has 3 aromatic heterocycles. The summed E-state index contributed by atoms with van der Waals surface area (Å²) in [6.07, 6.45) is 0. The first-order chi connectivity index (χ1) is 22.8. The molecule has 0 bridgehead atoms. The quantitative estimate of drug-likeness (QED) is 0.207. The van der Waals surface area contributed by atoms with Crippen LogP contribution in [0.2, 0.25) is 0 Å². The van der Waals surface area contributed by atoms with Crippen molar-refractivity contribution in [2.24, 2.45) is 0 Å². The number of para-hydroxylation sites is 1. The molecule has 4 heteroatoms. The Labute approximate surface area is 263 Å². The largest absolute Gasteiger partial charge is 0.454 e. The predicted octanol–water partition coefficient (Wildman–Crippen LogP) is 11.1. The smallest absolute Gasteiger partial charge is 0.235 e. The molecule has 0 N–H and O–H groups in total. The minimum Gasteiger partial charge on any atom is -0.454 e. The maximum atomic E-state index is 6.83. The fourth-order valence-electron chi connectivity index (χ4n) is 7.18. The van der Waals surface area contributed by atoms with E-state index >= 15 is 0 Å². The molecule has 0 saturated carbocycles. The molecule has 0 aliphatic rings. The van der Waals surface area contributed by atoms with E-state index in [9.17, 15) is 0 Å². The summed E-state index contributed by atoms with van der Waals surface area (Å²) >= 11 is 0. The lowest BCUT2D eigenvalue weighted by Gasteiger charge is -2.13. The molecule has 0 spiro atoms. The van der Waals surface area contributed by atoms with Gasteiger partial charge in [-0.05, 0) is 28.3 Å². The summed E-state index contributed by atoms with van der Waals surface area (Å²) in [5.74, 6) is 0.605. The minimum absolute atomic E-state index is 0.605. The summed E-state index contributed by atoms with van der Waals surface area (Å²) in [5.41, 5.74) is 7.53. The molecule has 0 aliphatic carbocycles. The molecule has 0 unspecified atom stereocenters. The van der Waals surface area contributed by atoms with Gasteiger partial charge in [0.25, 0.3) is 0 Å². The van der Waals surface area contributed by atoms with E-state index in [-0.39, 0.29) is 0 Å². The lowest BCUT2D eigenvalue weighted by Crippen LogP contribution is -2.04. The van der Waals surface area contributed by atoms with E-state index in [1.807, 2.05) is 18.2 Å². The first kappa shape index (κ1) is 25.1. The summed E-state index contributed by atoms with van der Waals surface area (Å²) in [6.45, 7) is 0. The van der Waals surface area contributed by atoms with E-state index in [1.54, 1.807) is 0 Å². The van der Waals surface area contributed by atoms with Gasteiger partial charge in [-0.3, -0.25) is 4.57 Å². The number of aromatic nitrogens is 3. The van der Waals surface area contributed by atoms with Crippen LogP contribution in [0.3, 0.4) is 0 Å². The molecule has 10 aromatic rings. The van der Waals surface area contributed by atoms with Gasteiger partial charge in [0, 0.05) is 38.1 Å². The first-order valence-corrected chi connectivity index (χ1v) is 15.5. The second kappa shape index (κ2) is 9.62. The highest BCUT2D eigenvalue weighted by molar-refractivity contribution is 6.36. The summed E-state index contributed by atoms with van der Waals surface area (Å²) in [5, 5.41) is 9.13. The molecule has 46 heavy (non-hydrogen) atoms. The van der Waals surface area contributed by atoms with Crippen LogP contribution >= 0.6 is 0 Å². The maximum Gasteiger partial charge on any atom is 0.235 e. The van der Waals surface area contributed by atoms with Crippen LogP contribution in [0.5, 0.6) is 0 Å². The summed E-state index contributed by atoms with van der Waals surface area (Å²) < 4.78 is 9.08. The fraction of sp³-hybridized carbons (Fsp3) is 0. The van der Waals surface area contributed by atoms with E-state index in [0.717, 1.165) is 77.0 Å². The van der Waals surface area contributed by atoms with Crippen LogP contribution in [-0.4, -0.2) is 14.5 Å². The average molecular weight is 588 g/mol. The van der Waals surface area contributed by atoms with Crippen LogP contribution in [0, 0.1) is 0 Å². The van der Waals surface area contributed by atoms with E-state index < -0.39 is 0 Å². The summed E-state index contributed by atoms with van der Waals surface area (Å²) in [7, 11) is 0. The Kier molecular flexibility index (Phi) is 5.25. The molecule has 4 nitrogen and oxygen atoms in total. The van der Waals surface area contributed by atoms with Crippen LogP contribution in [0.1, 0.15) is 0 Å². The highest BCUT2D eigenvalue weighted by Crippen LogP contribution is 2.46. The molecular weight excluding hydrogens is 562 g/mol. The van der Waals surface area contributed by atoms with Crippen molar-refractivity contribution < 1.29 is 4.42 Å².